The van der Waals surface area contributed by atoms with Crippen LogP contribution in [0.4, 0.5) is 5.69 Å². The van der Waals surface area contributed by atoms with Crippen LogP contribution < -0.4 is 14.2 Å². The summed E-state index contributed by atoms with van der Waals surface area (Å²) in [5.41, 5.74) is 0.736. The first-order chi connectivity index (χ1) is 12.0. The van der Waals surface area contributed by atoms with Crippen LogP contribution in [0.5, 0.6) is 11.5 Å². The molecule has 2 aromatic carbocycles. The van der Waals surface area contributed by atoms with E-state index in [0.29, 0.717) is 11.3 Å². The van der Waals surface area contributed by atoms with Crippen molar-refractivity contribution < 1.29 is 22.1 Å². The van der Waals surface area contributed by atoms with Gasteiger partial charge in [-0.25, -0.2) is 0 Å². The zero-order valence-electron chi connectivity index (χ0n) is 12.8. The van der Waals surface area contributed by atoms with E-state index < -0.39 is 10.1 Å². The van der Waals surface area contributed by atoms with Crippen molar-refractivity contribution in [2.24, 2.45) is 0 Å². The zero-order valence-corrected chi connectivity index (χ0v) is 13.6. The van der Waals surface area contributed by atoms with Gasteiger partial charge in [-0.1, -0.05) is 18.2 Å². The van der Waals surface area contributed by atoms with Gasteiger partial charge in [-0.2, -0.15) is 8.42 Å². The minimum absolute atomic E-state index is 0.0926. The lowest BCUT2D eigenvalue weighted by Gasteiger charge is -2.18. The minimum atomic E-state index is -4.10. The van der Waals surface area contributed by atoms with Crippen molar-refractivity contribution >= 4 is 32.6 Å². The molecule has 4 rings (SSSR count). The number of nitrogens with one attached hydrogen (secondary N) is 1. The fourth-order valence-corrected chi connectivity index (χ4v) is 3.49. The van der Waals surface area contributed by atoms with Crippen LogP contribution in [-0.4, -0.2) is 25.9 Å². The van der Waals surface area contributed by atoms with Crippen molar-refractivity contribution in [3.63, 3.8) is 0 Å². The first kappa shape index (κ1) is 15.4. The Morgan fingerprint density at radius 2 is 1.96 bits per heavy atom. The zero-order chi connectivity index (χ0) is 17.4. The van der Waals surface area contributed by atoms with Gasteiger partial charge in [0.2, 0.25) is 0 Å². The van der Waals surface area contributed by atoms with E-state index in [1.165, 1.54) is 24.3 Å². The number of benzene rings is 2. The molecule has 8 heteroatoms. The summed E-state index contributed by atoms with van der Waals surface area (Å²) in [6.45, 7) is -0.0999. The summed E-state index contributed by atoms with van der Waals surface area (Å²) in [6, 6.07) is 12.8. The van der Waals surface area contributed by atoms with Crippen molar-refractivity contribution in [1.29, 1.82) is 0 Å². The van der Waals surface area contributed by atoms with E-state index in [2.05, 4.69) is 10.3 Å². The average Bonchev–Trinajstić information content (AvgIpc) is 2.61. The molecule has 1 aromatic heterocycles. The van der Waals surface area contributed by atoms with Gasteiger partial charge in [0.1, 0.15) is 16.2 Å². The lowest BCUT2D eigenvalue weighted by molar-refractivity contribution is -0.118. The molecule has 7 nitrogen and oxygen atoms in total. The summed E-state index contributed by atoms with van der Waals surface area (Å²) in [7, 11) is -4.10. The number of carbonyl (C=O) groups is 1. The van der Waals surface area contributed by atoms with E-state index in [-0.39, 0.29) is 28.8 Å². The van der Waals surface area contributed by atoms with Crippen LogP contribution in [0.3, 0.4) is 0 Å². The second-order valence-corrected chi connectivity index (χ2v) is 6.91. The molecule has 0 fully saturated rings. The molecule has 0 aliphatic carbocycles. The molecule has 0 radical (unpaired) electrons. The highest BCUT2D eigenvalue weighted by Crippen LogP contribution is 2.32. The Morgan fingerprint density at radius 1 is 1.12 bits per heavy atom. The molecule has 1 aliphatic heterocycles. The lowest BCUT2D eigenvalue weighted by atomic mass is 10.2. The van der Waals surface area contributed by atoms with Gasteiger partial charge in [-0.3, -0.25) is 9.78 Å². The van der Waals surface area contributed by atoms with E-state index in [4.69, 9.17) is 8.92 Å². The molecule has 0 unspecified atom stereocenters. The quantitative estimate of drug-likeness (QED) is 0.724. The summed E-state index contributed by atoms with van der Waals surface area (Å²) in [6.07, 6.45) is 1.56. The highest BCUT2D eigenvalue weighted by Gasteiger charge is 2.23. The van der Waals surface area contributed by atoms with Gasteiger partial charge in [-0.05, 0) is 30.3 Å². The van der Waals surface area contributed by atoms with Crippen LogP contribution in [-0.2, 0) is 14.9 Å². The van der Waals surface area contributed by atoms with E-state index in [1.54, 1.807) is 18.3 Å². The predicted octanol–water partition coefficient (Wildman–Crippen LogP) is 2.33. The monoisotopic (exact) mass is 356 g/mol. The van der Waals surface area contributed by atoms with Crippen LogP contribution in [0.1, 0.15) is 0 Å². The maximum atomic E-state index is 12.6. The lowest BCUT2D eigenvalue weighted by Crippen LogP contribution is -2.25. The SMILES string of the molecule is O=C1COc2ccc(S(=O)(=O)Oc3cccc4cccnc34)cc2N1. The molecule has 1 aliphatic rings. The Hall–Kier alpha value is -3.13. The van der Waals surface area contributed by atoms with Crippen molar-refractivity contribution in [2.45, 2.75) is 4.90 Å². The van der Waals surface area contributed by atoms with Gasteiger partial charge in [0.05, 0.1) is 5.69 Å². The number of aromatic nitrogens is 1. The molecule has 0 saturated carbocycles. The Bertz CT molecular complexity index is 1090. The largest absolute Gasteiger partial charge is 0.482 e. The minimum Gasteiger partial charge on any atom is -0.482 e. The fraction of sp³-hybridized carbons (Fsp3) is 0.0588. The second kappa shape index (κ2) is 5.75. The first-order valence-electron chi connectivity index (χ1n) is 7.38. The van der Waals surface area contributed by atoms with E-state index in [9.17, 15) is 13.2 Å². The highest BCUT2D eigenvalue weighted by atomic mass is 32.2. The summed E-state index contributed by atoms with van der Waals surface area (Å²) in [5.74, 6) is 0.197. The third kappa shape index (κ3) is 2.87. The molecule has 2 heterocycles. The topological polar surface area (TPSA) is 94.6 Å². The summed E-state index contributed by atoms with van der Waals surface area (Å²) in [5, 5.41) is 3.33. The Labute approximate surface area is 143 Å². The number of ether oxygens (including phenoxy) is 1. The Kier molecular flexibility index (Phi) is 3.54. The Balaban J connectivity index is 1.72. The molecule has 1 amide bonds. The number of hydrogen-bond donors (Lipinski definition) is 1. The summed E-state index contributed by atoms with van der Waals surface area (Å²) >= 11 is 0. The molecule has 0 bridgehead atoms. The molecule has 0 atom stereocenters. The van der Waals surface area contributed by atoms with Crippen molar-refractivity contribution in [1.82, 2.24) is 4.98 Å². The molecular formula is C17H12N2O5S. The number of rotatable bonds is 3. The maximum absolute atomic E-state index is 12.6. The van der Waals surface area contributed by atoms with Gasteiger partial charge in [0.25, 0.3) is 5.91 Å². The molecule has 1 N–H and O–H groups in total. The fourth-order valence-electron chi connectivity index (χ4n) is 2.53. The molecule has 0 spiro atoms. The molecular weight excluding hydrogens is 344 g/mol. The number of pyridine rings is 1. The maximum Gasteiger partial charge on any atom is 0.339 e. The first-order valence-corrected chi connectivity index (χ1v) is 8.79. The van der Waals surface area contributed by atoms with E-state index in [0.717, 1.165) is 5.39 Å². The van der Waals surface area contributed by atoms with Crippen LogP contribution in [0.2, 0.25) is 0 Å². The number of amides is 1. The number of carbonyl (C=O) groups excluding carboxylic acids is 1. The molecule has 25 heavy (non-hydrogen) atoms. The third-order valence-electron chi connectivity index (χ3n) is 3.67. The molecule has 0 saturated heterocycles. The van der Waals surface area contributed by atoms with Crippen LogP contribution in [0.25, 0.3) is 10.9 Å². The van der Waals surface area contributed by atoms with Crippen molar-refractivity contribution in [2.75, 3.05) is 11.9 Å². The van der Waals surface area contributed by atoms with Crippen LogP contribution in [0.15, 0.2) is 59.6 Å². The van der Waals surface area contributed by atoms with Crippen LogP contribution in [0, 0.1) is 0 Å². The number of nitrogens with zero attached hydrogens (tertiary/aromatic N) is 1. The normalized spacial score (nSPS) is 13.7. The molecule has 126 valence electrons. The van der Waals surface area contributed by atoms with Gasteiger partial charge < -0.3 is 14.2 Å². The molecule has 3 aromatic rings. The number of para-hydroxylation sites is 1. The highest BCUT2D eigenvalue weighted by molar-refractivity contribution is 7.87. The van der Waals surface area contributed by atoms with E-state index >= 15 is 0 Å². The van der Waals surface area contributed by atoms with Crippen molar-refractivity contribution in [3.05, 3.63) is 54.7 Å². The number of fused-ring (bicyclic) bond motifs is 2. The van der Waals surface area contributed by atoms with Gasteiger partial charge >= 0.3 is 10.1 Å². The van der Waals surface area contributed by atoms with E-state index in [1.807, 2.05) is 12.1 Å². The smallest absolute Gasteiger partial charge is 0.339 e. The third-order valence-corrected chi connectivity index (χ3v) is 4.90. The van der Waals surface area contributed by atoms with Gasteiger partial charge in [0.15, 0.2) is 12.4 Å². The standard InChI is InChI=1S/C17H12N2O5S/c20-16-10-23-14-7-6-12(9-13(14)19-16)25(21,22)24-15-5-1-3-11-4-2-8-18-17(11)15/h1-9H,10H2,(H,19,20). The average molecular weight is 356 g/mol. The van der Waals surface area contributed by atoms with Gasteiger partial charge in [0, 0.05) is 11.6 Å². The summed E-state index contributed by atoms with van der Waals surface area (Å²) in [4.78, 5) is 15.5. The van der Waals surface area contributed by atoms with Gasteiger partial charge in [-0.15, -0.1) is 0 Å². The summed E-state index contributed by atoms with van der Waals surface area (Å²) < 4.78 is 35.7. The number of anilines is 1. The second-order valence-electron chi connectivity index (χ2n) is 5.36. The predicted molar refractivity (Wildman–Crippen MR) is 90.1 cm³/mol. The van der Waals surface area contributed by atoms with Crippen LogP contribution >= 0.6 is 0 Å². The van der Waals surface area contributed by atoms with Crippen molar-refractivity contribution in [3.8, 4) is 11.5 Å². The number of hydrogen-bond acceptors (Lipinski definition) is 6. The Morgan fingerprint density at radius 3 is 2.84 bits per heavy atom.